The van der Waals surface area contributed by atoms with Gasteiger partial charge in [-0.3, -0.25) is 9.59 Å². The van der Waals surface area contributed by atoms with Gasteiger partial charge >= 0.3 is 11.6 Å². The normalized spacial score (nSPS) is 17.0. The molecular weight excluding hydrogens is 446 g/mol. The minimum atomic E-state index is -0.854. The Labute approximate surface area is 195 Å². The fourth-order valence-electron chi connectivity index (χ4n) is 4.31. The number of nitrogens with zero attached hydrogens (tertiary/aromatic N) is 1. The Hall–Kier alpha value is -3.32. The lowest BCUT2D eigenvalue weighted by Gasteiger charge is -2.33. The number of carbonyl (C=O) groups is 2. The predicted octanol–water partition coefficient (Wildman–Crippen LogP) is 4.59. The Bertz CT molecular complexity index is 1250. The van der Waals surface area contributed by atoms with Gasteiger partial charge in [-0.2, -0.15) is 0 Å². The van der Waals surface area contributed by atoms with E-state index in [1.807, 2.05) is 18.2 Å². The van der Waals surface area contributed by atoms with Crippen LogP contribution in [0.4, 0.5) is 0 Å². The molecule has 2 heterocycles. The fraction of sp³-hybridized carbons (Fsp3) is 0.320. The maximum Gasteiger partial charge on any atom is 0.336 e. The average molecular weight is 470 g/mol. The standard InChI is InChI=1S/C25H24ClNO6/c1-15(25(31)27-10-4-5-16(14-27)11-23(28)29)32-17-8-9-19-20(13-24(30)33-22(19)12-17)18-6-2-3-7-21(18)26/h2-3,6-9,12-13,15-16H,4-5,10-11,14H2,1H3,(H,28,29)/t15-,16-/m1/s1. The molecular formula is C25H24ClNO6. The molecule has 0 radical (unpaired) electrons. The first-order valence-corrected chi connectivity index (χ1v) is 11.2. The molecule has 0 spiro atoms. The van der Waals surface area contributed by atoms with Crippen LogP contribution in [0.3, 0.4) is 0 Å². The number of hydrogen-bond donors (Lipinski definition) is 1. The molecule has 0 unspecified atom stereocenters. The number of likely N-dealkylation sites (tertiary alicyclic amines) is 1. The van der Waals surface area contributed by atoms with Crippen molar-refractivity contribution < 1.29 is 23.8 Å². The van der Waals surface area contributed by atoms with Gasteiger partial charge in [0.15, 0.2) is 6.10 Å². The lowest BCUT2D eigenvalue weighted by atomic mass is 9.94. The molecule has 2 atom stereocenters. The number of rotatable bonds is 6. The summed E-state index contributed by atoms with van der Waals surface area (Å²) in [6.07, 6.45) is 0.839. The van der Waals surface area contributed by atoms with Crippen LogP contribution in [0.15, 0.2) is 57.7 Å². The molecule has 8 heteroatoms. The number of benzene rings is 2. The van der Waals surface area contributed by atoms with Gasteiger partial charge in [0, 0.05) is 53.2 Å². The fourth-order valence-corrected chi connectivity index (χ4v) is 4.55. The van der Waals surface area contributed by atoms with Gasteiger partial charge in [0.05, 0.1) is 0 Å². The van der Waals surface area contributed by atoms with Crippen molar-refractivity contribution in [2.45, 2.75) is 32.3 Å². The largest absolute Gasteiger partial charge is 0.481 e. The lowest BCUT2D eigenvalue weighted by molar-refractivity contribution is -0.143. The molecule has 172 valence electrons. The number of amides is 1. The van der Waals surface area contributed by atoms with Crippen molar-refractivity contribution in [3.63, 3.8) is 0 Å². The van der Waals surface area contributed by atoms with Crippen molar-refractivity contribution in [2.24, 2.45) is 5.92 Å². The summed E-state index contributed by atoms with van der Waals surface area (Å²) in [5, 5.41) is 10.3. The smallest absolute Gasteiger partial charge is 0.336 e. The number of carbonyl (C=O) groups excluding carboxylic acids is 1. The molecule has 0 bridgehead atoms. The van der Waals surface area contributed by atoms with E-state index in [1.165, 1.54) is 6.07 Å². The zero-order valence-electron chi connectivity index (χ0n) is 18.1. The van der Waals surface area contributed by atoms with Gasteiger partial charge in [-0.1, -0.05) is 29.8 Å². The first-order chi connectivity index (χ1) is 15.8. The van der Waals surface area contributed by atoms with Crippen molar-refractivity contribution in [1.82, 2.24) is 4.90 Å². The van der Waals surface area contributed by atoms with Crippen LogP contribution in [0.25, 0.3) is 22.1 Å². The number of halogens is 1. The third-order valence-corrected chi connectivity index (χ3v) is 6.16. The van der Waals surface area contributed by atoms with Gasteiger partial charge < -0.3 is 19.2 Å². The van der Waals surface area contributed by atoms with Crippen molar-refractivity contribution in [3.05, 3.63) is 64.0 Å². The minimum absolute atomic E-state index is 0.0504. The number of fused-ring (bicyclic) bond motifs is 1. The second-order valence-corrected chi connectivity index (χ2v) is 8.67. The number of piperidine rings is 1. The average Bonchev–Trinajstić information content (AvgIpc) is 2.78. The van der Waals surface area contributed by atoms with Crippen molar-refractivity contribution >= 4 is 34.4 Å². The Morgan fingerprint density at radius 2 is 2.00 bits per heavy atom. The minimum Gasteiger partial charge on any atom is -0.481 e. The molecule has 1 fully saturated rings. The zero-order chi connectivity index (χ0) is 23.5. The Morgan fingerprint density at radius 1 is 1.21 bits per heavy atom. The highest BCUT2D eigenvalue weighted by Gasteiger charge is 2.29. The molecule has 3 aromatic rings. The summed E-state index contributed by atoms with van der Waals surface area (Å²) in [6.45, 7) is 2.65. The van der Waals surface area contributed by atoms with Crippen molar-refractivity contribution in [3.8, 4) is 16.9 Å². The van der Waals surface area contributed by atoms with Crippen LogP contribution in [0.1, 0.15) is 26.2 Å². The van der Waals surface area contributed by atoms with Crippen molar-refractivity contribution in [1.29, 1.82) is 0 Å². The summed E-state index contributed by atoms with van der Waals surface area (Å²) in [5.41, 5.74) is 1.18. The maximum atomic E-state index is 12.9. The summed E-state index contributed by atoms with van der Waals surface area (Å²) in [5.74, 6) is -0.712. The van der Waals surface area contributed by atoms with Crippen LogP contribution < -0.4 is 10.4 Å². The number of carboxylic acids is 1. The van der Waals surface area contributed by atoms with Gasteiger partial charge in [0.2, 0.25) is 0 Å². The third-order valence-electron chi connectivity index (χ3n) is 5.83. The molecule has 4 rings (SSSR count). The molecule has 1 saturated heterocycles. The van der Waals surface area contributed by atoms with E-state index in [9.17, 15) is 14.4 Å². The van der Waals surface area contributed by atoms with Gasteiger partial charge in [0.1, 0.15) is 11.3 Å². The molecule has 1 aliphatic heterocycles. The van der Waals surface area contributed by atoms with Crippen LogP contribution in [0.2, 0.25) is 5.02 Å². The van der Waals surface area contributed by atoms with Gasteiger partial charge in [-0.25, -0.2) is 4.79 Å². The summed E-state index contributed by atoms with van der Waals surface area (Å²) in [7, 11) is 0. The highest BCUT2D eigenvalue weighted by molar-refractivity contribution is 6.33. The monoisotopic (exact) mass is 469 g/mol. The highest BCUT2D eigenvalue weighted by atomic mass is 35.5. The van der Waals surface area contributed by atoms with Crippen molar-refractivity contribution in [2.75, 3.05) is 13.1 Å². The molecule has 1 aromatic heterocycles. The maximum absolute atomic E-state index is 12.9. The number of hydrogen-bond acceptors (Lipinski definition) is 5. The van der Waals surface area contributed by atoms with E-state index in [-0.39, 0.29) is 18.2 Å². The van der Waals surface area contributed by atoms with E-state index >= 15 is 0 Å². The second-order valence-electron chi connectivity index (χ2n) is 8.27. The van der Waals surface area contributed by atoms with Gasteiger partial charge in [-0.05, 0) is 43.9 Å². The molecule has 33 heavy (non-hydrogen) atoms. The molecule has 0 saturated carbocycles. The zero-order valence-corrected chi connectivity index (χ0v) is 18.9. The number of ether oxygens (including phenoxy) is 1. The molecule has 7 nitrogen and oxygen atoms in total. The summed E-state index contributed by atoms with van der Waals surface area (Å²) in [6, 6.07) is 13.7. The molecule has 1 amide bonds. The Kier molecular flexibility index (Phi) is 6.70. The molecule has 2 aromatic carbocycles. The topological polar surface area (TPSA) is 97.0 Å². The summed E-state index contributed by atoms with van der Waals surface area (Å²) in [4.78, 5) is 37.8. The van der Waals surface area contributed by atoms with E-state index in [0.717, 1.165) is 18.4 Å². The van der Waals surface area contributed by atoms with Gasteiger partial charge in [-0.15, -0.1) is 0 Å². The SMILES string of the molecule is C[C@@H](Oc1ccc2c(-c3ccccc3Cl)cc(=O)oc2c1)C(=O)N1CCC[C@H](CC(=O)O)C1. The van der Waals surface area contributed by atoms with E-state index in [4.69, 9.17) is 25.9 Å². The Morgan fingerprint density at radius 3 is 2.76 bits per heavy atom. The van der Waals surface area contributed by atoms with E-state index in [0.29, 0.717) is 40.4 Å². The third kappa shape index (κ3) is 5.20. The van der Waals surface area contributed by atoms with Gasteiger partial charge in [0.25, 0.3) is 5.91 Å². The van der Waals surface area contributed by atoms with Crippen LogP contribution in [0.5, 0.6) is 5.75 Å². The first kappa shape index (κ1) is 22.9. The predicted molar refractivity (Wildman–Crippen MR) is 125 cm³/mol. The summed E-state index contributed by atoms with van der Waals surface area (Å²) < 4.78 is 11.3. The quantitative estimate of drug-likeness (QED) is 0.530. The van der Waals surface area contributed by atoms with Crippen LogP contribution in [0, 0.1) is 5.92 Å². The number of carboxylic acid groups (broad SMARTS) is 1. The summed E-state index contributed by atoms with van der Waals surface area (Å²) >= 11 is 6.33. The highest BCUT2D eigenvalue weighted by Crippen LogP contribution is 2.34. The number of aliphatic carboxylic acids is 1. The lowest BCUT2D eigenvalue weighted by Crippen LogP contribution is -2.46. The second kappa shape index (κ2) is 9.67. The van der Waals surface area contributed by atoms with E-state index < -0.39 is 17.7 Å². The Balaban J connectivity index is 1.54. The van der Waals surface area contributed by atoms with Crippen LogP contribution in [-0.4, -0.2) is 41.1 Å². The molecule has 1 N–H and O–H groups in total. The van der Waals surface area contributed by atoms with E-state index in [2.05, 4.69) is 0 Å². The van der Waals surface area contributed by atoms with Crippen LogP contribution >= 0.6 is 11.6 Å². The molecule has 0 aliphatic carbocycles. The van der Waals surface area contributed by atoms with Crippen LogP contribution in [-0.2, 0) is 9.59 Å². The molecule has 1 aliphatic rings. The first-order valence-electron chi connectivity index (χ1n) is 10.8. The van der Waals surface area contributed by atoms with E-state index in [1.54, 1.807) is 36.1 Å².